The standard InChI is InChI=1S/C13H13BrN2O2/c14-12-6-5-11(18-12)13(17)16-8-7-9-1-3-10(15)4-2-9/h1-6H,7-8,15H2,(H,16,17). The fourth-order valence-electron chi connectivity index (χ4n) is 1.53. The zero-order chi connectivity index (χ0) is 13.0. The second-order valence-corrected chi connectivity index (χ2v) is 4.63. The quantitative estimate of drug-likeness (QED) is 0.853. The SMILES string of the molecule is Nc1ccc(CCNC(=O)c2ccc(Br)o2)cc1. The van der Waals surface area contributed by atoms with Crippen LogP contribution in [0.3, 0.4) is 0 Å². The van der Waals surface area contributed by atoms with Gasteiger partial charge < -0.3 is 15.5 Å². The number of carbonyl (C=O) groups excluding carboxylic acids is 1. The lowest BCUT2D eigenvalue weighted by molar-refractivity contribution is 0.0925. The van der Waals surface area contributed by atoms with Crippen LogP contribution in [-0.4, -0.2) is 12.5 Å². The molecular formula is C13H13BrN2O2. The molecule has 0 radical (unpaired) electrons. The lowest BCUT2D eigenvalue weighted by Gasteiger charge is -2.03. The molecule has 2 aromatic rings. The van der Waals surface area contributed by atoms with Gasteiger partial charge in [-0.15, -0.1) is 0 Å². The Kier molecular flexibility index (Phi) is 4.04. The van der Waals surface area contributed by atoms with Crippen molar-refractivity contribution in [3.8, 4) is 0 Å². The molecule has 5 heteroatoms. The van der Waals surface area contributed by atoms with Crippen molar-refractivity contribution in [2.45, 2.75) is 6.42 Å². The van der Waals surface area contributed by atoms with Crippen LogP contribution in [0.2, 0.25) is 0 Å². The number of halogens is 1. The first-order valence-electron chi connectivity index (χ1n) is 5.53. The minimum absolute atomic E-state index is 0.212. The van der Waals surface area contributed by atoms with Gasteiger partial charge in [-0.25, -0.2) is 0 Å². The van der Waals surface area contributed by atoms with Crippen LogP contribution in [0, 0.1) is 0 Å². The molecule has 0 bridgehead atoms. The van der Waals surface area contributed by atoms with E-state index in [4.69, 9.17) is 10.2 Å². The van der Waals surface area contributed by atoms with E-state index in [1.54, 1.807) is 12.1 Å². The monoisotopic (exact) mass is 308 g/mol. The lowest BCUT2D eigenvalue weighted by Crippen LogP contribution is -2.25. The van der Waals surface area contributed by atoms with Gasteiger partial charge in [0.15, 0.2) is 10.4 Å². The summed E-state index contributed by atoms with van der Waals surface area (Å²) in [6.45, 7) is 0.557. The number of amides is 1. The Morgan fingerprint density at radius 2 is 1.94 bits per heavy atom. The molecule has 1 aromatic heterocycles. The summed E-state index contributed by atoms with van der Waals surface area (Å²) in [5, 5.41) is 2.79. The van der Waals surface area contributed by atoms with Crippen LogP contribution in [0.25, 0.3) is 0 Å². The van der Waals surface area contributed by atoms with Crippen molar-refractivity contribution < 1.29 is 9.21 Å². The Balaban J connectivity index is 1.82. The third kappa shape index (κ3) is 3.37. The fourth-order valence-corrected chi connectivity index (χ4v) is 1.83. The van der Waals surface area contributed by atoms with E-state index in [1.165, 1.54) is 0 Å². The Morgan fingerprint density at radius 1 is 1.22 bits per heavy atom. The first-order valence-corrected chi connectivity index (χ1v) is 6.32. The van der Waals surface area contributed by atoms with Crippen LogP contribution in [0.1, 0.15) is 16.1 Å². The highest BCUT2D eigenvalue weighted by molar-refractivity contribution is 9.10. The summed E-state index contributed by atoms with van der Waals surface area (Å²) in [4.78, 5) is 11.7. The third-order valence-corrected chi connectivity index (χ3v) is 2.90. The van der Waals surface area contributed by atoms with Gasteiger partial charge in [-0.1, -0.05) is 12.1 Å². The van der Waals surface area contributed by atoms with Crippen LogP contribution in [-0.2, 0) is 6.42 Å². The molecule has 0 spiro atoms. The van der Waals surface area contributed by atoms with Gasteiger partial charge in [0.05, 0.1) is 0 Å². The predicted octanol–water partition coefficient (Wildman–Crippen LogP) is 2.60. The summed E-state index contributed by atoms with van der Waals surface area (Å²) in [5.74, 6) is 0.0929. The van der Waals surface area contributed by atoms with E-state index < -0.39 is 0 Å². The largest absolute Gasteiger partial charge is 0.444 e. The topological polar surface area (TPSA) is 68.3 Å². The summed E-state index contributed by atoms with van der Waals surface area (Å²) in [7, 11) is 0. The van der Waals surface area contributed by atoms with Crippen molar-refractivity contribution >= 4 is 27.5 Å². The number of hydrogen-bond donors (Lipinski definition) is 2. The minimum Gasteiger partial charge on any atom is -0.444 e. The van der Waals surface area contributed by atoms with E-state index in [9.17, 15) is 4.79 Å². The second-order valence-electron chi connectivity index (χ2n) is 3.85. The zero-order valence-electron chi connectivity index (χ0n) is 9.65. The smallest absolute Gasteiger partial charge is 0.287 e. The van der Waals surface area contributed by atoms with Crippen LogP contribution in [0.4, 0.5) is 5.69 Å². The molecule has 0 saturated carbocycles. The molecule has 0 aliphatic carbocycles. The highest BCUT2D eigenvalue weighted by atomic mass is 79.9. The number of carbonyl (C=O) groups is 1. The number of hydrogen-bond acceptors (Lipinski definition) is 3. The maximum Gasteiger partial charge on any atom is 0.287 e. The molecule has 0 aliphatic heterocycles. The molecular weight excluding hydrogens is 296 g/mol. The van der Waals surface area contributed by atoms with E-state index >= 15 is 0 Å². The van der Waals surface area contributed by atoms with Crippen molar-refractivity contribution in [2.75, 3.05) is 12.3 Å². The molecule has 18 heavy (non-hydrogen) atoms. The second kappa shape index (κ2) is 5.73. The number of anilines is 1. The first kappa shape index (κ1) is 12.7. The molecule has 1 aromatic carbocycles. The third-order valence-electron chi connectivity index (χ3n) is 2.48. The molecule has 0 fully saturated rings. The van der Waals surface area contributed by atoms with E-state index in [-0.39, 0.29) is 5.91 Å². The Labute approximate surface area is 113 Å². The first-order chi connectivity index (χ1) is 8.65. The van der Waals surface area contributed by atoms with Gasteiger partial charge in [0.2, 0.25) is 0 Å². The fraction of sp³-hybridized carbons (Fsp3) is 0.154. The molecule has 3 N–H and O–H groups in total. The van der Waals surface area contributed by atoms with E-state index in [0.29, 0.717) is 17.0 Å². The molecule has 4 nitrogen and oxygen atoms in total. The van der Waals surface area contributed by atoms with Gasteiger partial charge in [-0.2, -0.15) is 0 Å². The summed E-state index contributed by atoms with van der Waals surface area (Å²) in [6, 6.07) is 10.9. The summed E-state index contributed by atoms with van der Waals surface area (Å²) >= 11 is 3.15. The van der Waals surface area contributed by atoms with Crippen LogP contribution >= 0.6 is 15.9 Å². The minimum atomic E-state index is -0.212. The number of nitrogens with two attached hydrogens (primary N) is 1. The van der Waals surface area contributed by atoms with Gasteiger partial charge in [0, 0.05) is 12.2 Å². The zero-order valence-corrected chi connectivity index (χ0v) is 11.2. The van der Waals surface area contributed by atoms with E-state index in [2.05, 4.69) is 21.2 Å². The number of furan rings is 1. The lowest BCUT2D eigenvalue weighted by atomic mass is 10.1. The summed E-state index contributed by atoms with van der Waals surface area (Å²) < 4.78 is 5.70. The molecule has 0 unspecified atom stereocenters. The molecule has 0 aliphatic rings. The number of nitrogen functional groups attached to an aromatic ring is 1. The van der Waals surface area contributed by atoms with Gasteiger partial charge in [0.1, 0.15) is 0 Å². The maximum atomic E-state index is 11.7. The molecule has 1 heterocycles. The molecule has 0 saturated heterocycles. The van der Waals surface area contributed by atoms with Gasteiger partial charge in [-0.05, 0) is 52.2 Å². The number of rotatable bonds is 4. The summed E-state index contributed by atoms with van der Waals surface area (Å²) in [5.41, 5.74) is 7.46. The van der Waals surface area contributed by atoms with E-state index in [0.717, 1.165) is 17.7 Å². The Bertz CT molecular complexity index is 534. The van der Waals surface area contributed by atoms with Crippen LogP contribution < -0.4 is 11.1 Å². The Hall–Kier alpha value is -1.75. The molecule has 0 atom stereocenters. The average Bonchev–Trinajstić information content (AvgIpc) is 2.78. The van der Waals surface area contributed by atoms with Crippen molar-refractivity contribution in [2.24, 2.45) is 0 Å². The molecule has 2 rings (SSSR count). The van der Waals surface area contributed by atoms with Crippen LogP contribution in [0.15, 0.2) is 45.5 Å². The predicted molar refractivity (Wildman–Crippen MR) is 73.3 cm³/mol. The number of benzene rings is 1. The van der Waals surface area contributed by atoms with E-state index in [1.807, 2.05) is 24.3 Å². The van der Waals surface area contributed by atoms with Crippen molar-refractivity contribution in [1.82, 2.24) is 5.32 Å². The van der Waals surface area contributed by atoms with Crippen molar-refractivity contribution in [3.05, 3.63) is 52.4 Å². The normalized spacial score (nSPS) is 10.3. The van der Waals surface area contributed by atoms with Gasteiger partial charge in [-0.3, -0.25) is 4.79 Å². The maximum absolute atomic E-state index is 11.7. The molecule has 1 amide bonds. The van der Waals surface area contributed by atoms with Crippen molar-refractivity contribution in [1.29, 1.82) is 0 Å². The molecule has 94 valence electrons. The summed E-state index contributed by atoms with van der Waals surface area (Å²) in [6.07, 6.45) is 0.758. The van der Waals surface area contributed by atoms with Gasteiger partial charge in [0.25, 0.3) is 5.91 Å². The van der Waals surface area contributed by atoms with Crippen LogP contribution in [0.5, 0.6) is 0 Å². The average molecular weight is 309 g/mol. The van der Waals surface area contributed by atoms with Crippen molar-refractivity contribution in [3.63, 3.8) is 0 Å². The highest BCUT2D eigenvalue weighted by Gasteiger charge is 2.09. The Morgan fingerprint density at radius 3 is 2.56 bits per heavy atom. The highest BCUT2D eigenvalue weighted by Crippen LogP contribution is 2.13. The number of nitrogens with one attached hydrogen (secondary N) is 1. The van der Waals surface area contributed by atoms with Gasteiger partial charge >= 0.3 is 0 Å².